The molecule has 0 aliphatic carbocycles. The van der Waals surface area contributed by atoms with E-state index in [0.717, 1.165) is 5.56 Å². The van der Waals surface area contributed by atoms with E-state index in [1.165, 1.54) is 29.5 Å². The zero-order valence-electron chi connectivity index (χ0n) is 14.8. The first kappa shape index (κ1) is 19.8. The summed E-state index contributed by atoms with van der Waals surface area (Å²) in [5.74, 6) is 0.755. The van der Waals surface area contributed by atoms with Gasteiger partial charge in [0.2, 0.25) is 0 Å². The Morgan fingerprint density at radius 2 is 2.00 bits per heavy atom. The summed E-state index contributed by atoms with van der Waals surface area (Å²) in [4.78, 5) is 27.3. The summed E-state index contributed by atoms with van der Waals surface area (Å²) in [7, 11) is 3.12. The molecule has 0 unspecified atom stereocenters. The fourth-order valence-electron chi connectivity index (χ4n) is 2.43. The molecule has 2 aromatic carbocycles. The lowest BCUT2D eigenvalue weighted by atomic mass is 10.1. The number of methoxy groups -OCH3 is 2. The number of rotatable bonds is 6. The summed E-state index contributed by atoms with van der Waals surface area (Å²) in [5.41, 5.74) is 1.35. The highest BCUT2D eigenvalue weighted by molar-refractivity contribution is 9.10. The van der Waals surface area contributed by atoms with Crippen molar-refractivity contribution in [2.24, 2.45) is 0 Å². The minimum absolute atomic E-state index is 0.161. The molecule has 0 aliphatic rings. The van der Waals surface area contributed by atoms with Gasteiger partial charge in [0.15, 0.2) is 5.13 Å². The minimum atomic E-state index is -0.557. The topological polar surface area (TPSA) is 104 Å². The lowest BCUT2D eigenvalue weighted by Gasteiger charge is -2.08. The van der Waals surface area contributed by atoms with Crippen LogP contribution >= 0.6 is 27.3 Å². The van der Waals surface area contributed by atoms with E-state index in [4.69, 9.17) is 9.47 Å². The summed E-state index contributed by atoms with van der Waals surface area (Å²) in [5, 5.41) is 15.8. The smallest absolute Gasteiger partial charge is 0.284 e. The molecule has 3 rings (SSSR count). The Hall–Kier alpha value is -2.98. The van der Waals surface area contributed by atoms with Crippen LogP contribution in [0, 0.1) is 10.1 Å². The number of thiazole rings is 1. The van der Waals surface area contributed by atoms with Crippen molar-refractivity contribution in [3.8, 4) is 22.8 Å². The maximum atomic E-state index is 12.4. The van der Waals surface area contributed by atoms with Crippen LogP contribution in [-0.4, -0.2) is 30.0 Å². The van der Waals surface area contributed by atoms with Crippen molar-refractivity contribution in [1.82, 2.24) is 4.98 Å². The molecule has 28 heavy (non-hydrogen) atoms. The van der Waals surface area contributed by atoms with Crippen LogP contribution in [0.4, 0.5) is 10.8 Å². The zero-order chi connectivity index (χ0) is 20.3. The molecule has 10 heteroatoms. The Labute approximate surface area is 172 Å². The number of amides is 1. The van der Waals surface area contributed by atoms with Gasteiger partial charge in [0.05, 0.1) is 29.3 Å². The van der Waals surface area contributed by atoms with Crippen LogP contribution in [0.25, 0.3) is 11.3 Å². The van der Waals surface area contributed by atoms with Gasteiger partial charge in [-0.15, -0.1) is 11.3 Å². The van der Waals surface area contributed by atoms with Crippen molar-refractivity contribution in [3.05, 3.63) is 61.9 Å². The largest absolute Gasteiger partial charge is 0.497 e. The average molecular weight is 464 g/mol. The quantitative estimate of drug-likeness (QED) is 0.417. The number of nitro benzene ring substituents is 1. The van der Waals surface area contributed by atoms with Crippen LogP contribution < -0.4 is 14.8 Å². The fourth-order valence-corrected chi connectivity index (χ4v) is 3.53. The predicted octanol–water partition coefficient (Wildman–Crippen LogP) is 4.75. The van der Waals surface area contributed by atoms with Crippen molar-refractivity contribution >= 4 is 44.0 Å². The SMILES string of the molecule is COc1ccc(-c2csc(NC(=O)c3ccc(Br)c([N+](=O)[O-])c3)n2)c(OC)c1. The Morgan fingerprint density at radius 3 is 2.68 bits per heavy atom. The van der Waals surface area contributed by atoms with Crippen LogP contribution in [0.2, 0.25) is 0 Å². The van der Waals surface area contributed by atoms with Gasteiger partial charge in [0.1, 0.15) is 11.5 Å². The van der Waals surface area contributed by atoms with Gasteiger partial charge in [-0.2, -0.15) is 0 Å². The molecule has 0 saturated carbocycles. The minimum Gasteiger partial charge on any atom is -0.497 e. The lowest BCUT2D eigenvalue weighted by Crippen LogP contribution is -2.12. The second-order valence-corrected chi connectivity index (χ2v) is 7.19. The molecule has 1 N–H and O–H groups in total. The number of ether oxygens (including phenoxy) is 2. The van der Waals surface area contributed by atoms with Crippen LogP contribution in [0.15, 0.2) is 46.3 Å². The number of hydrogen-bond acceptors (Lipinski definition) is 7. The number of nitro groups is 1. The maximum absolute atomic E-state index is 12.4. The zero-order valence-corrected chi connectivity index (χ0v) is 17.2. The first-order valence-electron chi connectivity index (χ1n) is 7.86. The normalized spacial score (nSPS) is 10.4. The van der Waals surface area contributed by atoms with E-state index in [9.17, 15) is 14.9 Å². The number of nitrogens with one attached hydrogen (secondary N) is 1. The maximum Gasteiger partial charge on any atom is 0.284 e. The van der Waals surface area contributed by atoms with Gasteiger partial charge in [-0.05, 0) is 40.2 Å². The molecule has 8 nitrogen and oxygen atoms in total. The van der Waals surface area contributed by atoms with Gasteiger partial charge >= 0.3 is 0 Å². The average Bonchev–Trinajstić information content (AvgIpc) is 3.15. The van der Waals surface area contributed by atoms with Gasteiger partial charge in [-0.1, -0.05) is 0 Å². The van der Waals surface area contributed by atoms with Gasteiger partial charge in [-0.3, -0.25) is 20.2 Å². The first-order valence-corrected chi connectivity index (χ1v) is 9.53. The molecule has 0 atom stereocenters. The molecule has 1 aromatic heterocycles. The molecule has 0 saturated heterocycles. The van der Waals surface area contributed by atoms with Crippen LogP contribution in [0.5, 0.6) is 11.5 Å². The number of carbonyl (C=O) groups excluding carboxylic acids is 1. The Bertz CT molecular complexity index is 1050. The molecular formula is C18H14BrN3O5S. The molecular weight excluding hydrogens is 450 g/mol. The Kier molecular flexibility index (Phi) is 5.90. The van der Waals surface area contributed by atoms with E-state index in [0.29, 0.717) is 26.8 Å². The summed E-state index contributed by atoms with van der Waals surface area (Å²) in [6.07, 6.45) is 0. The van der Waals surface area contributed by atoms with Gasteiger partial charge in [0.25, 0.3) is 11.6 Å². The van der Waals surface area contributed by atoms with Gasteiger partial charge in [-0.25, -0.2) is 4.98 Å². The number of hydrogen-bond donors (Lipinski definition) is 1. The van der Waals surface area contributed by atoms with Crippen molar-refractivity contribution in [1.29, 1.82) is 0 Å². The van der Waals surface area contributed by atoms with E-state index < -0.39 is 10.8 Å². The molecule has 144 valence electrons. The standard InChI is InChI=1S/C18H14BrN3O5S/c1-26-11-4-5-12(16(8-11)27-2)14-9-28-18(20-14)21-17(23)10-3-6-13(19)15(7-10)22(24)25/h3-9H,1-2H3,(H,20,21,23). The van der Waals surface area contributed by atoms with Gasteiger partial charge < -0.3 is 9.47 Å². The first-order chi connectivity index (χ1) is 13.4. The summed E-state index contributed by atoms with van der Waals surface area (Å²) in [6, 6.07) is 9.51. The fraction of sp³-hybridized carbons (Fsp3) is 0.111. The van der Waals surface area contributed by atoms with Crippen LogP contribution in [0.3, 0.4) is 0 Å². The van der Waals surface area contributed by atoms with Gasteiger partial charge in [0, 0.05) is 28.6 Å². The molecule has 1 amide bonds. The monoisotopic (exact) mass is 463 g/mol. The number of anilines is 1. The highest BCUT2D eigenvalue weighted by Gasteiger charge is 2.18. The van der Waals surface area contributed by atoms with E-state index in [-0.39, 0.29) is 11.3 Å². The van der Waals surface area contributed by atoms with Crippen molar-refractivity contribution in [2.75, 3.05) is 19.5 Å². The highest BCUT2D eigenvalue weighted by Crippen LogP contribution is 2.35. The van der Waals surface area contributed by atoms with Crippen molar-refractivity contribution < 1.29 is 19.2 Å². The molecule has 1 heterocycles. The number of halogens is 1. The number of nitrogens with zero attached hydrogens (tertiary/aromatic N) is 2. The third kappa shape index (κ3) is 4.12. The third-order valence-corrected chi connectivity index (χ3v) is 5.24. The summed E-state index contributed by atoms with van der Waals surface area (Å²) < 4.78 is 10.9. The summed E-state index contributed by atoms with van der Waals surface area (Å²) in [6.45, 7) is 0. The van der Waals surface area contributed by atoms with Crippen LogP contribution in [-0.2, 0) is 0 Å². The third-order valence-electron chi connectivity index (χ3n) is 3.81. The number of benzene rings is 2. The Balaban J connectivity index is 1.83. The molecule has 0 bridgehead atoms. The van der Waals surface area contributed by atoms with E-state index >= 15 is 0 Å². The molecule has 0 radical (unpaired) electrons. The van der Waals surface area contributed by atoms with Crippen molar-refractivity contribution in [2.45, 2.75) is 0 Å². The second-order valence-electron chi connectivity index (χ2n) is 5.48. The van der Waals surface area contributed by atoms with E-state index in [1.54, 1.807) is 31.7 Å². The number of aromatic nitrogens is 1. The van der Waals surface area contributed by atoms with Crippen LogP contribution in [0.1, 0.15) is 10.4 Å². The highest BCUT2D eigenvalue weighted by atomic mass is 79.9. The molecule has 0 fully saturated rings. The van der Waals surface area contributed by atoms with E-state index in [2.05, 4.69) is 26.2 Å². The summed E-state index contributed by atoms with van der Waals surface area (Å²) >= 11 is 4.33. The van der Waals surface area contributed by atoms with Crippen molar-refractivity contribution in [3.63, 3.8) is 0 Å². The second kappa shape index (κ2) is 8.36. The lowest BCUT2D eigenvalue weighted by molar-refractivity contribution is -0.385. The predicted molar refractivity (Wildman–Crippen MR) is 109 cm³/mol. The molecule has 3 aromatic rings. The number of carbonyl (C=O) groups is 1. The molecule has 0 spiro atoms. The van der Waals surface area contributed by atoms with E-state index in [1.807, 2.05) is 6.07 Å². The Morgan fingerprint density at radius 1 is 1.21 bits per heavy atom. The molecule has 0 aliphatic heterocycles.